The normalized spacial score (nSPS) is 24.8. The lowest BCUT2D eigenvalue weighted by atomic mass is 9.95. The molecule has 3 atom stereocenters. The number of benzene rings is 2. The van der Waals surface area contributed by atoms with Gasteiger partial charge in [0.25, 0.3) is 0 Å². The first-order chi connectivity index (χ1) is 15.5. The van der Waals surface area contributed by atoms with Crippen LogP contribution in [0.15, 0.2) is 54.6 Å². The van der Waals surface area contributed by atoms with Gasteiger partial charge in [0.1, 0.15) is 11.2 Å². The third-order valence-corrected chi connectivity index (χ3v) is 6.86. The number of hydrogen-bond acceptors (Lipinski definition) is 6. The van der Waals surface area contributed by atoms with E-state index in [4.69, 9.17) is 14.2 Å². The molecule has 2 aromatic carbocycles. The van der Waals surface area contributed by atoms with Gasteiger partial charge in [-0.05, 0) is 38.0 Å². The largest absolute Gasteiger partial charge is 0.497 e. The summed E-state index contributed by atoms with van der Waals surface area (Å²) in [5.74, 6) is 0.534. The summed E-state index contributed by atoms with van der Waals surface area (Å²) >= 11 is 0. The molecule has 0 N–H and O–H groups in total. The molecule has 1 saturated heterocycles. The molecule has 2 fully saturated rings. The lowest BCUT2D eigenvalue weighted by Gasteiger charge is -2.40. The van der Waals surface area contributed by atoms with Gasteiger partial charge in [0.15, 0.2) is 6.23 Å². The fourth-order valence-electron chi connectivity index (χ4n) is 4.71. The van der Waals surface area contributed by atoms with Gasteiger partial charge in [-0.3, -0.25) is 14.6 Å². The van der Waals surface area contributed by atoms with Gasteiger partial charge in [-0.15, -0.1) is 0 Å². The van der Waals surface area contributed by atoms with Gasteiger partial charge in [0.2, 0.25) is 0 Å². The second-order valence-corrected chi connectivity index (χ2v) is 8.96. The van der Waals surface area contributed by atoms with Crippen molar-refractivity contribution in [1.29, 1.82) is 0 Å². The molecule has 6 heteroatoms. The summed E-state index contributed by atoms with van der Waals surface area (Å²) in [6.07, 6.45) is 0.0287. The highest BCUT2D eigenvalue weighted by atomic mass is 16.6. The summed E-state index contributed by atoms with van der Waals surface area (Å²) in [4.78, 5) is 18.4. The number of ether oxygens (including phenoxy) is 3. The monoisotopic (exact) mass is 438 g/mol. The molecule has 6 nitrogen and oxygen atoms in total. The topological polar surface area (TPSA) is 51.2 Å². The van der Waals surface area contributed by atoms with E-state index in [-0.39, 0.29) is 12.1 Å². The Morgan fingerprint density at radius 3 is 2.09 bits per heavy atom. The van der Waals surface area contributed by atoms with E-state index in [1.165, 1.54) is 0 Å². The first-order valence-electron chi connectivity index (χ1n) is 11.4. The molecule has 0 radical (unpaired) electrons. The van der Waals surface area contributed by atoms with Crippen LogP contribution >= 0.6 is 0 Å². The Morgan fingerprint density at radius 1 is 0.938 bits per heavy atom. The van der Waals surface area contributed by atoms with Crippen LogP contribution in [0.5, 0.6) is 5.75 Å². The molecule has 32 heavy (non-hydrogen) atoms. The maximum Gasteiger partial charge on any atom is 0.321 e. The van der Waals surface area contributed by atoms with Gasteiger partial charge in [0.05, 0.1) is 13.2 Å². The predicted octanol–water partition coefficient (Wildman–Crippen LogP) is 3.62. The summed E-state index contributed by atoms with van der Waals surface area (Å²) in [6, 6.07) is 18.2. The number of rotatable bonds is 8. The van der Waals surface area contributed by atoms with Gasteiger partial charge in [-0.1, -0.05) is 42.5 Å². The van der Waals surface area contributed by atoms with E-state index >= 15 is 0 Å². The Balaban J connectivity index is 1.57. The Labute approximate surface area is 191 Å². The molecule has 172 valence electrons. The van der Waals surface area contributed by atoms with Gasteiger partial charge >= 0.3 is 5.97 Å². The van der Waals surface area contributed by atoms with Crippen LogP contribution in [0.4, 0.5) is 0 Å². The first-order valence-corrected chi connectivity index (χ1v) is 11.4. The average Bonchev–Trinajstić information content (AvgIpc) is 3.59. The molecule has 0 bridgehead atoms. The molecule has 1 heterocycles. The predicted molar refractivity (Wildman–Crippen MR) is 124 cm³/mol. The molecule has 0 spiro atoms. The molecular weight excluding hydrogens is 404 g/mol. The molecule has 2 aliphatic rings. The highest BCUT2D eigenvalue weighted by molar-refractivity contribution is 5.88. The highest BCUT2D eigenvalue weighted by Crippen LogP contribution is 2.52. The van der Waals surface area contributed by atoms with Crippen molar-refractivity contribution in [3.05, 3.63) is 65.7 Å². The maximum atomic E-state index is 13.7. The number of piperazine rings is 1. The second-order valence-electron chi connectivity index (χ2n) is 8.96. The molecule has 1 aliphatic heterocycles. The Bertz CT molecular complexity index is 894. The SMILES string of the molecule is COc1ccc(C2(C(=O)OC(c3ccccc3)N3CCN(C(C)C)CC3)CC2OC)cc1. The van der Waals surface area contributed by atoms with Gasteiger partial charge in [0, 0.05) is 44.9 Å². The van der Waals surface area contributed by atoms with Crippen molar-refractivity contribution in [2.75, 3.05) is 40.4 Å². The van der Waals surface area contributed by atoms with Crippen molar-refractivity contribution in [2.24, 2.45) is 0 Å². The van der Waals surface area contributed by atoms with Crippen molar-refractivity contribution in [2.45, 2.75) is 44.1 Å². The fraction of sp³-hybridized carbons (Fsp3) is 0.500. The number of hydrogen-bond donors (Lipinski definition) is 0. The fourth-order valence-corrected chi connectivity index (χ4v) is 4.71. The Hall–Kier alpha value is -2.41. The zero-order valence-electron chi connectivity index (χ0n) is 19.5. The van der Waals surface area contributed by atoms with E-state index in [1.807, 2.05) is 54.6 Å². The molecule has 1 aliphatic carbocycles. The minimum absolute atomic E-state index is 0.183. The number of methoxy groups -OCH3 is 2. The maximum absolute atomic E-state index is 13.7. The standard InChI is InChI=1S/C26H34N2O4/c1-19(2)27-14-16-28(17-15-27)24(20-8-6-5-7-9-20)32-25(29)26(18-23(26)31-4)21-10-12-22(30-3)13-11-21/h5-13,19,23-24H,14-18H2,1-4H3. The van der Waals surface area contributed by atoms with Crippen LogP contribution in [0.25, 0.3) is 0 Å². The van der Waals surface area contributed by atoms with E-state index in [0.29, 0.717) is 12.5 Å². The van der Waals surface area contributed by atoms with Crippen LogP contribution in [-0.2, 0) is 19.7 Å². The van der Waals surface area contributed by atoms with Crippen LogP contribution < -0.4 is 4.74 Å². The quantitative estimate of drug-likeness (QED) is 0.587. The number of carbonyl (C=O) groups excluding carboxylic acids is 1. The van der Waals surface area contributed by atoms with Crippen LogP contribution in [0.1, 0.15) is 37.6 Å². The average molecular weight is 439 g/mol. The first kappa shape index (κ1) is 22.8. The Morgan fingerprint density at radius 2 is 1.56 bits per heavy atom. The molecule has 4 rings (SSSR count). The lowest BCUT2D eigenvalue weighted by molar-refractivity contribution is -0.167. The summed E-state index contributed by atoms with van der Waals surface area (Å²) in [6.45, 7) is 8.08. The van der Waals surface area contributed by atoms with Crippen molar-refractivity contribution >= 4 is 5.97 Å². The van der Waals surface area contributed by atoms with E-state index in [2.05, 4.69) is 23.6 Å². The third-order valence-electron chi connectivity index (χ3n) is 6.86. The Kier molecular flexibility index (Phi) is 6.84. The van der Waals surface area contributed by atoms with E-state index in [0.717, 1.165) is 43.1 Å². The minimum atomic E-state index is -0.770. The number of esters is 1. The van der Waals surface area contributed by atoms with Crippen molar-refractivity contribution in [3.63, 3.8) is 0 Å². The second kappa shape index (κ2) is 9.61. The summed E-state index contributed by atoms with van der Waals surface area (Å²) in [5, 5.41) is 0. The molecule has 2 aromatic rings. The molecule has 0 amide bonds. The summed E-state index contributed by atoms with van der Waals surface area (Å²) < 4.78 is 17.2. The van der Waals surface area contributed by atoms with Gasteiger partial charge in [-0.25, -0.2) is 0 Å². The van der Waals surface area contributed by atoms with E-state index < -0.39 is 11.6 Å². The number of carbonyl (C=O) groups is 1. The highest BCUT2D eigenvalue weighted by Gasteiger charge is 2.64. The van der Waals surface area contributed by atoms with E-state index in [9.17, 15) is 4.79 Å². The summed E-state index contributed by atoms with van der Waals surface area (Å²) in [7, 11) is 3.29. The molecule has 0 aromatic heterocycles. The zero-order chi connectivity index (χ0) is 22.7. The van der Waals surface area contributed by atoms with Gasteiger partial charge < -0.3 is 14.2 Å². The van der Waals surface area contributed by atoms with Crippen molar-refractivity contribution in [1.82, 2.24) is 9.80 Å². The minimum Gasteiger partial charge on any atom is -0.497 e. The smallest absolute Gasteiger partial charge is 0.321 e. The van der Waals surface area contributed by atoms with Crippen molar-refractivity contribution in [3.8, 4) is 5.75 Å². The van der Waals surface area contributed by atoms with Gasteiger partial charge in [-0.2, -0.15) is 0 Å². The molecular formula is C26H34N2O4. The summed E-state index contributed by atoms with van der Waals surface area (Å²) in [5.41, 5.74) is 1.14. The number of nitrogens with zero attached hydrogens (tertiary/aromatic N) is 2. The van der Waals surface area contributed by atoms with E-state index in [1.54, 1.807) is 14.2 Å². The molecule has 1 saturated carbocycles. The van der Waals surface area contributed by atoms with Crippen molar-refractivity contribution < 1.29 is 19.0 Å². The third kappa shape index (κ3) is 4.40. The molecule has 3 unspecified atom stereocenters. The lowest BCUT2D eigenvalue weighted by Crippen LogP contribution is -2.50. The van der Waals surface area contributed by atoms with Crippen LogP contribution in [0, 0.1) is 0 Å². The van der Waals surface area contributed by atoms with Crippen LogP contribution in [-0.4, -0.2) is 68.3 Å². The zero-order valence-corrected chi connectivity index (χ0v) is 19.5. The van der Waals surface area contributed by atoms with Crippen LogP contribution in [0.2, 0.25) is 0 Å². The van der Waals surface area contributed by atoms with Crippen LogP contribution in [0.3, 0.4) is 0 Å².